The van der Waals surface area contributed by atoms with Gasteiger partial charge in [-0.3, -0.25) is 9.36 Å². The molecule has 9 heteroatoms. The Kier molecular flexibility index (Phi) is 19.4. The molecule has 0 heterocycles. The van der Waals surface area contributed by atoms with Gasteiger partial charge >= 0.3 is 0 Å². The minimum atomic E-state index is -4.51. The number of amides is 1. The average molecular weight is 509 g/mol. The Labute approximate surface area is 209 Å². The van der Waals surface area contributed by atoms with Gasteiger partial charge in [-0.25, -0.2) is 0 Å². The van der Waals surface area contributed by atoms with Crippen molar-refractivity contribution in [2.24, 2.45) is 0 Å². The van der Waals surface area contributed by atoms with E-state index in [-0.39, 0.29) is 19.1 Å². The minimum absolute atomic E-state index is 0.0129. The maximum Gasteiger partial charge on any atom is 0.268 e. The third-order valence-electron chi connectivity index (χ3n) is 5.85. The van der Waals surface area contributed by atoms with Gasteiger partial charge in [0.05, 0.1) is 39.9 Å². The number of rotatable bonds is 23. The third-order valence-corrected chi connectivity index (χ3v) is 6.81. The fourth-order valence-corrected chi connectivity index (χ4v) is 4.29. The van der Waals surface area contributed by atoms with Crippen molar-refractivity contribution in [1.82, 2.24) is 5.32 Å². The summed E-state index contributed by atoms with van der Waals surface area (Å²) in [5.41, 5.74) is 0. The molecule has 0 aromatic carbocycles. The van der Waals surface area contributed by atoms with Crippen LogP contribution in [0.15, 0.2) is 0 Å². The second-order valence-electron chi connectivity index (χ2n) is 10.4. The van der Waals surface area contributed by atoms with Crippen molar-refractivity contribution in [3.8, 4) is 0 Å². The lowest BCUT2D eigenvalue weighted by atomic mass is 10.0. The topological polar surface area (TPSA) is 108 Å². The lowest BCUT2D eigenvalue weighted by Crippen LogP contribution is -2.46. The monoisotopic (exact) mass is 508 g/mol. The minimum Gasteiger partial charge on any atom is -0.756 e. The Hall–Kier alpha value is -0.500. The molecule has 0 aromatic rings. The molecule has 34 heavy (non-hydrogen) atoms. The number of aliphatic hydroxyl groups excluding tert-OH is 1. The number of quaternary nitrogens is 1. The van der Waals surface area contributed by atoms with Crippen LogP contribution in [0.2, 0.25) is 0 Å². The number of phosphoric acid groups is 1. The van der Waals surface area contributed by atoms with Crippen molar-refractivity contribution in [2.75, 3.05) is 40.9 Å². The van der Waals surface area contributed by atoms with E-state index in [1.54, 1.807) is 0 Å². The summed E-state index contributed by atoms with van der Waals surface area (Å²) in [6.45, 7) is 4.48. The van der Waals surface area contributed by atoms with Crippen molar-refractivity contribution in [2.45, 2.75) is 116 Å². The van der Waals surface area contributed by atoms with Crippen molar-refractivity contribution >= 4 is 13.7 Å². The van der Waals surface area contributed by atoms with Crippen LogP contribution < -0.4 is 10.2 Å². The highest BCUT2D eigenvalue weighted by Gasteiger charge is 2.24. The summed E-state index contributed by atoms with van der Waals surface area (Å²) in [6.07, 6.45) is 13.3. The zero-order valence-electron chi connectivity index (χ0n) is 22.6. The molecular weight excluding hydrogens is 455 g/mol. The largest absolute Gasteiger partial charge is 0.756 e. The van der Waals surface area contributed by atoms with Gasteiger partial charge in [-0.05, 0) is 12.8 Å². The molecule has 204 valence electrons. The van der Waals surface area contributed by atoms with Gasteiger partial charge in [-0.2, -0.15) is 0 Å². The van der Waals surface area contributed by atoms with E-state index in [4.69, 9.17) is 9.05 Å². The molecule has 3 atom stereocenters. The zero-order valence-corrected chi connectivity index (χ0v) is 23.5. The van der Waals surface area contributed by atoms with E-state index in [1.165, 1.54) is 38.5 Å². The predicted molar refractivity (Wildman–Crippen MR) is 136 cm³/mol. The van der Waals surface area contributed by atoms with Crippen LogP contribution >= 0.6 is 7.82 Å². The van der Waals surface area contributed by atoms with Crippen LogP contribution in [0.5, 0.6) is 0 Å². The number of unbranched alkanes of at least 4 members (excludes halogenated alkanes) is 10. The SMILES string of the molecule is CCCCCCCCCCCC(=O)NC(COP(=O)([O-])OCC[N+](C)(C)C)C(O)CCCCC. The molecule has 0 saturated heterocycles. The smallest absolute Gasteiger partial charge is 0.268 e. The Balaban J connectivity index is 4.47. The average Bonchev–Trinajstić information content (AvgIpc) is 2.74. The normalized spacial score (nSPS) is 15.6. The molecule has 3 unspecified atom stereocenters. The van der Waals surface area contributed by atoms with Crippen LogP contribution in [0, 0.1) is 0 Å². The Morgan fingerprint density at radius 3 is 2.00 bits per heavy atom. The molecule has 0 aliphatic rings. The second-order valence-corrected chi connectivity index (χ2v) is 11.8. The van der Waals surface area contributed by atoms with Crippen molar-refractivity contribution in [3.63, 3.8) is 0 Å². The lowest BCUT2D eigenvalue weighted by molar-refractivity contribution is -0.870. The van der Waals surface area contributed by atoms with Gasteiger partial charge in [-0.15, -0.1) is 0 Å². The van der Waals surface area contributed by atoms with Crippen LogP contribution in [0.4, 0.5) is 0 Å². The van der Waals surface area contributed by atoms with Gasteiger partial charge in [0.1, 0.15) is 13.2 Å². The molecule has 1 amide bonds. The molecule has 0 aliphatic carbocycles. The van der Waals surface area contributed by atoms with E-state index in [1.807, 2.05) is 21.1 Å². The first-order valence-electron chi connectivity index (χ1n) is 13.4. The first kappa shape index (κ1) is 33.5. The highest BCUT2D eigenvalue weighted by Crippen LogP contribution is 2.38. The van der Waals surface area contributed by atoms with Crippen molar-refractivity contribution in [3.05, 3.63) is 0 Å². The molecular formula is C25H53N2O6P. The van der Waals surface area contributed by atoms with E-state index in [0.29, 0.717) is 23.9 Å². The number of carbonyl (C=O) groups excluding carboxylic acids is 1. The predicted octanol–water partition coefficient (Wildman–Crippen LogP) is 4.54. The summed E-state index contributed by atoms with van der Waals surface area (Å²) in [5, 5.41) is 13.4. The van der Waals surface area contributed by atoms with Gasteiger partial charge in [0.15, 0.2) is 0 Å². The number of phosphoric ester groups is 1. The van der Waals surface area contributed by atoms with Gasteiger partial charge in [0, 0.05) is 6.42 Å². The van der Waals surface area contributed by atoms with E-state index in [0.717, 1.165) is 38.5 Å². The van der Waals surface area contributed by atoms with E-state index in [9.17, 15) is 19.4 Å². The maximum atomic E-state index is 12.4. The fourth-order valence-electron chi connectivity index (χ4n) is 3.56. The Morgan fingerprint density at radius 2 is 1.44 bits per heavy atom. The van der Waals surface area contributed by atoms with Crippen LogP contribution in [-0.4, -0.2) is 68.5 Å². The van der Waals surface area contributed by atoms with Gasteiger partial charge < -0.3 is 28.8 Å². The van der Waals surface area contributed by atoms with E-state index >= 15 is 0 Å². The number of nitrogens with zero attached hydrogens (tertiary/aromatic N) is 1. The number of hydrogen-bond acceptors (Lipinski definition) is 6. The Bertz CT molecular complexity index is 556. The molecule has 0 bridgehead atoms. The summed E-state index contributed by atoms with van der Waals surface area (Å²) in [4.78, 5) is 24.6. The standard InChI is InChI=1S/C25H53N2O6P/c1-6-8-10-11-12-13-14-15-17-19-25(29)26-23(24(28)18-16-9-7-2)22-33-34(30,31)32-21-20-27(3,4)5/h23-24,28H,6-22H2,1-5H3,(H-,26,29,30,31). The summed E-state index contributed by atoms with van der Waals surface area (Å²) in [6, 6.07) is -0.785. The van der Waals surface area contributed by atoms with E-state index in [2.05, 4.69) is 19.2 Å². The first-order valence-corrected chi connectivity index (χ1v) is 14.8. The lowest BCUT2D eigenvalue weighted by Gasteiger charge is -2.30. The molecule has 2 N–H and O–H groups in total. The highest BCUT2D eigenvalue weighted by atomic mass is 31.2. The van der Waals surface area contributed by atoms with Gasteiger partial charge in [-0.1, -0.05) is 84.5 Å². The molecule has 8 nitrogen and oxygen atoms in total. The second kappa shape index (κ2) is 19.7. The quantitative estimate of drug-likeness (QED) is 0.119. The van der Waals surface area contributed by atoms with Crippen molar-refractivity contribution < 1.29 is 32.9 Å². The van der Waals surface area contributed by atoms with Crippen LogP contribution in [0.1, 0.15) is 104 Å². The van der Waals surface area contributed by atoms with Crippen molar-refractivity contribution in [1.29, 1.82) is 0 Å². The summed E-state index contributed by atoms with van der Waals surface area (Å²) < 4.78 is 22.7. The number of hydrogen-bond donors (Lipinski definition) is 2. The number of carbonyl (C=O) groups is 1. The number of aliphatic hydroxyl groups is 1. The molecule has 0 spiro atoms. The molecule has 0 rings (SSSR count). The Morgan fingerprint density at radius 1 is 0.912 bits per heavy atom. The van der Waals surface area contributed by atoms with Crippen LogP contribution in [0.25, 0.3) is 0 Å². The summed E-state index contributed by atoms with van der Waals surface area (Å²) >= 11 is 0. The van der Waals surface area contributed by atoms with E-state index < -0.39 is 20.0 Å². The van der Waals surface area contributed by atoms with Gasteiger partial charge in [0.25, 0.3) is 7.82 Å². The number of nitrogens with one attached hydrogen (secondary N) is 1. The maximum absolute atomic E-state index is 12.4. The first-order chi connectivity index (χ1) is 16.0. The van der Waals surface area contributed by atoms with Gasteiger partial charge in [0.2, 0.25) is 5.91 Å². The van der Waals surface area contributed by atoms with Crippen LogP contribution in [0.3, 0.4) is 0 Å². The fraction of sp³-hybridized carbons (Fsp3) is 0.960. The van der Waals surface area contributed by atoms with Crippen LogP contribution in [-0.2, 0) is 18.4 Å². The highest BCUT2D eigenvalue weighted by molar-refractivity contribution is 7.45. The molecule has 0 aromatic heterocycles. The summed E-state index contributed by atoms with van der Waals surface area (Å²) in [5.74, 6) is -0.183. The summed E-state index contributed by atoms with van der Waals surface area (Å²) in [7, 11) is 1.29. The molecule has 0 saturated carbocycles. The molecule has 0 aliphatic heterocycles. The molecule has 0 fully saturated rings. The number of likely N-dealkylation sites (N-methyl/N-ethyl adjacent to an activating group) is 1. The third kappa shape index (κ3) is 20.8. The molecule has 0 radical (unpaired) electrons. The zero-order chi connectivity index (χ0) is 25.9.